The number of alkyl halides is 3. The Morgan fingerprint density at radius 1 is 1.20 bits per heavy atom. The van der Waals surface area contributed by atoms with Gasteiger partial charge in [-0.3, -0.25) is 4.79 Å². The highest BCUT2D eigenvalue weighted by Gasteiger charge is 2.30. The Hall–Kier alpha value is -1.72. The van der Waals surface area contributed by atoms with Crippen molar-refractivity contribution in [3.05, 3.63) is 36.8 Å². The fourth-order valence-electron chi connectivity index (χ4n) is 2.14. The SMILES string of the molecule is [CH2]C(=O)N1CCC(Oc2ccc(C(F)(F)F)cc2)CC1. The van der Waals surface area contributed by atoms with Gasteiger partial charge < -0.3 is 9.64 Å². The third-order valence-electron chi connectivity index (χ3n) is 3.28. The largest absolute Gasteiger partial charge is 0.490 e. The van der Waals surface area contributed by atoms with Gasteiger partial charge in [-0.2, -0.15) is 13.2 Å². The van der Waals surface area contributed by atoms with Crippen LogP contribution in [0.25, 0.3) is 0 Å². The molecule has 1 aliphatic heterocycles. The van der Waals surface area contributed by atoms with E-state index in [0.29, 0.717) is 31.7 Å². The molecule has 0 aliphatic carbocycles. The smallest absolute Gasteiger partial charge is 0.416 e. The van der Waals surface area contributed by atoms with Crippen molar-refractivity contribution in [2.45, 2.75) is 25.1 Å². The number of nitrogens with zero attached hydrogens (tertiary/aromatic N) is 1. The minimum atomic E-state index is -4.33. The Morgan fingerprint density at radius 3 is 2.20 bits per heavy atom. The van der Waals surface area contributed by atoms with Crippen LogP contribution in [0.4, 0.5) is 13.2 Å². The summed E-state index contributed by atoms with van der Waals surface area (Å²) in [6.07, 6.45) is -3.11. The quantitative estimate of drug-likeness (QED) is 0.836. The standard InChI is InChI=1S/C14H15F3NO2/c1-10(19)18-8-6-13(7-9-18)20-12-4-2-11(3-5-12)14(15,16)17/h2-5,13H,1,6-9H2. The third kappa shape index (κ3) is 3.65. The van der Waals surface area contributed by atoms with E-state index in [0.717, 1.165) is 12.1 Å². The summed E-state index contributed by atoms with van der Waals surface area (Å²) in [7, 11) is 0. The maximum atomic E-state index is 12.4. The molecule has 1 aromatic carbocycles. The molecule has 20 heavy (non-hydrogen) atoms. The molecule has 6 heteroatoms. The molecular formula is C14H15F3NO2. The van der Waals surface area contributed by atoms with E-state index in [9.17, 15) is 18.0 Å². The molecule has 0 bridgehead atoms. The number of carbonyl (C=O) groups is 1. The van der Waals surface area contributed by atoms with Crippen molar-refractivity contribution in [1.82, 2.24) is 4.90 Å². The van der Waals surface area contributed by atoms with Crippen molar-refractivity contribution in [2.24, 2.45) is 0 Å². The molecule has 0 aromatic heterocycles. The first-order valence-electron chi connectivity index (χ1n) is 6.31. The minimum absolute atomic E-state index is 0.0812. The molecular weight excluding hydrogens is 271 g/mol. The highest BCUT2D eigenvalue weighted by molar-refractivity contribution is 5.80. The monoisotopic (exact) mass is 286 g/mol. The van der Waals surface area contributed by atoms with Gasteiger partial charge in [0.05, 0.1) is 5.56 Å². The van der Waals surface area contributed by atoms with Crippen LogP contribution in [0.15, 0.2) is 24.3 Å². The third-order valence-corrected chi connectivity index (χ3v) is 3.28. The molecule has 1 saturated heterocycles. The first-order chi connectivity index (χ1) is 9.36. The van der Waals surface area contributed by atoms with Gasteiger partial charge in [0.1, 0.15) is 11.9 Å². The Kier molecular flexibility index (Phi) is 4.20. The second-order valence-electron chi connectivity index (χ2n) is 4.72. The number of hydrogen-bond donors (Lipinski definition) is 0. The van der Waals surface area contributed by atoms with Crippen LogP contribution < -0.4 is 4.74 Å². The molecule has 0 saturated carbocycles. The van der Waals surface area contributed by atoms with E-state index >= 15 is 0 Å². The number of ether oxygens (including phenoxy) is 1. The van der Waals surface area contributed by atoms with Crippen molar-refractivity contribution in [3.63, 3.8) is 0 Å². The van der Waals surface area contributed by atoms with Gasteiger partial charge in [0.25, 0.3) is 0 Å². The summed E-state index contributed by atoms with van der Waals surface area (Å²) < 4.78 is 42.9. The average molecular weight is 286 g/mol. The molecule has 1 radical (unpaired) electrons. The zero-order chi connectivity index (χ0) is 14.8. The number of rotatable bonds is 2. The van der Waals surface area contributed by atoms with Gasteiger partial charge >= 0.3 is 6.18 Å². The van der Waals surface area contributed by atoms with Gasteiger partial charge in [-0.25, -0.2) is 0 Å². The lowest BCUT2D eigenvalue weighted by Gasteiger charge is -2.31. The molecule has 1 aliphatic rings. The van der Waals surface area contributed by atoms with Gasteiger partial charge in [-0.05, 0) is 24.3 Å². The van der Waals surface area contributed by atoms with Gasteiger partial charge in [0.2, 0.25) is 5.91 Å². The molecule has 1 heterocycles. The summed E-state index contributed by atoms with van der Waals surface area (Å²) >= 11 is 0. The van der Waals surface area contributed by atoms with Gasteiger partial charge in [0.15, 0.2) is 0 Å². The second-order valence-corrected chi connectivity index (χ2v) is 4.72. The van der Waals surface area contributed by atoms with Crippen molar-refractivity contribution in [3.8, 4) is 5.75 Å². The van der Waals surface area contributed by atoms with Crippen molar-refractivity contribution < 1.29 is 22.7 Å². The van der Waals surface area contributed by atoms with Gasteiger partial charge in [0, 0.05) is 32.9 Å². The second kappa shape index (κ2) is 5.73. The van der Waals surface area contributed by atoms with Crippen LogP contribution in [0.5, 0.6) is 5.75 Å². The summed E-state index contributed by atoms with van der Waals surface area (Å²) in [6.45, 7) is 4.47. The van der Waals surface area contributed by atoms with Crippen molar-refractivity contribution in [1.29, 1.82) is 0 Å². The molecule has 1 amide bonds. The molecule has 2 rings (SSSR count). The molecule has 0 unspecified atom stereocenters. The zero-order valence-corrected chi connectivity index (χ0v) is 10.8. The zero-order valence-electron chi connectivity index (χ0n) is 10.8. The van der Waals surface area contributed by atoms with Crippen LogP contribution in [-0.2, 0) is 11.0 Å². The summed E-state index contributed by atoms with van der Waals surface area (Å²) in [4.78, 5) is 12.7. The fraction of sp³-hybridized carbons (Fsp3) is 0.429. The highest BCUT2D eigenvalue weighted by Crippen LogP contribution is 2.30. The normalized spacial score (nSPS) is 17.1. The van der Waals surface area contributed by atoms with Gasteiger partial charge in [-0.15, -0.1) is 0 Å². The van der Waals surface area contributed by atoms with Crippen molar-refractivity contribution >= 4 is 5.91 Å². The summed E-state index contributed by atoms with van der Waals surface area (Å²) in [5.41, 5.74) is -0.692. The summed E-state index contributed by atoms with van der Waals surface area (Å²) in [5, 5.41) is 0. The first-order valence-corrected chi connectivity index (χ1v) is 6.31. The van der Waals surface area contributed by atoms with Crippen LogP contribution in [0.1, 0.15) is 18.4 Å². The summed E-state index contributed by atoms with van der Waals surface area (Å²) in [5.74, 6) is 0.204. The van der Waals surface area contributed by atoms with E-state index in [-0.39, 0.29) is 12.0 Å². The molecule has 109 valence electrons. The Balaban J connectivity index is 1.90. The number of halogens is 3. The number of carbonyl (C=O) groups excluding carboxylic acids is 1. The number of hydrogen-bond acceptors (Lipinski definition) is 2. The Bertz CT molecular complexity index is 462. The van der Waals surface area contributed by atoms with Crippen LogP contribution >= 0.6 is 0 Å². The topological polar surface area (TPSA) is 29.5 Å². The molecule has 0 N–H and O–H groups in total. The Labute approximate surface area is 115 Å². The van der Waals surface area contributed by atoms with E-state index in [1.165, 1.54) is 12.1 Å². The Morgan fingerprint density at radius 2 is 1.75 bits per heavy atom. The lowest BCUT2D eigenvalue weighted by Crippen LogP contribution is -2.40. The predicted octanol–water partition coefficient (Wildman–Crippen LogP) is 2.91. The van der Waals surface area contributed by atoms with Crippen LogP contribution in [0, 0.1) is 6.92 Å². The summed E-state index contributed by atoms with van der Waals surface area (Å²) in [6, 6.07) is 4.65. The van der Waals surface area contributed by atoms with Crippen LogP contribution in [0.3, 0.4) is 0 Å². The number of amides is 1. The lowest BCUT2D eigenvalue weighted by atomic mass is 10.1. The van der Waals surface area contributed by atoms with E-state index in [2.05, 4.69) is 6.92 Å². The number of likely N-dealkylation sites (tertiary alicyclic amines) is 1. The van der Waals surface area contributed by atoms with E-state index < -0.39 is 11.7 Å². The number of piperidine rings is 1. The van der Waals surface area contributed by atoms with Crippen LogP contribution in [-0.4, -0.2) is 30.0 Å². The number of benzene rings is 1. The van der Waals surface area contributed by atoms with Crippen molar-refractivity contribution in [2.75, 3.05) is 13.1 Å². The van der Waals surface area contributed by atoms with E-state index in [1.54, 1.807) is 4.90 Å². The van der Waals surface area contributed by atoms with E-state index in [4.69, 9.17) is 4.74 Å². The first kappa shape index (κ1) is 14.7. The molecule has 3 nitrogen and oxygen atoms in total. The molecule has 0 atom stereocenters. The minimum Gasteiger partial charge on any atom is -0.490 e. The van der Waals surface area contributed by atoms with E-state index in [1.807, 2.05) is 0 Å². The molecule has 1 aromatic rings. The van der Waals surface area contributed by atoms with Gasteiger partial charge in [-0.1, -0.05) is 0 Å². The highest BCUT2D eigenvalue weighted by atomic mass is 19.4. The lowest BCUT2D eigenvalue weighted by molar-refractivity contribution is -0.137. The molecule has 1 fully saturated rings. The maximum Gasteiger partial charge on any atom is 0.416 e. The maximum absolute atomic E-state index is 12.4. The average Bonchev–Trinajstić information content (AvgIpc) is 2.39. The predicted molar refractivity (Wildman–Crippen MR) is 67.0 cm³/mol. The fourth-order valence-corrected chi connectivity index (χ4v) is 2.14. The van der Waals surface area contributed by atoms with Crippen LogP contribution in [0.2, 0.25) is 0 Å². The molecule has 0 spiro atoms.